The molecule has 0 aliphatic heterocycles. The van der Waals surface area contributed by atoms with Crippen molar-refractivity contribution in [1.82, 2.24) is 5.32 Å². The van der Waals surface area contributed by atoms with Crippen molar-refractivity contribution in [2.75, 3.05) is 0 Å². The summed E-state index contributed by atoms with van der Waals surface area (Å²) in [7, 11) is 0. The van der Waals surface area contributed by atoms with Crippen LogP contribution in [0.2, 0.25) is 0 Å². The molecule has 1 nitrogen and oxygen atoms in total. The molecule has 1 N–H and O–H groups in total. The third-order valence-corrected chi connectivity index (χ3v) is 5.69. The van der Waals surface area contributed by atoms with E-state index >= 15 is 0 Å². The van der Waals surface area contributed by atoms with E-state index < -0.39 is 0 Å². The molecule has 0 aliphatic carbocycles. The van der Waals surface area contributed by atoms with Crippen LogP contribution in [0.1, 0.15) is 36.4 Å². The predicted octanol–water partition coefficient (Wildman–Crippen LogP) is 5.68. The maximum atomic E-state index is 3.63. The highest BCUT2D eigenvalue weighted by atomic mass is 79.9. The van der Waals surface area contributed by atoms with Crippen LogP contribution in [0, 0.1) is 0 Å². The van der Waals surface area contributed by atoms with Gasteiger partial charge in [0.1, 0.15) is 0 Å². The molecule has 1 aromatic heterocycles. The van der Waals surface area contributed by atoms with Crippen molar-refractivity contribution in [2.45, 2.75) is 25.9 Å². The zero-order valence-electron chi connectivity index (χ0n) is 10.3. The average molecular weight is 389 g/mol. The van der Waals surface area contributed by atoms with Gasteiger partial charge in [0, 0.05) is 25.9 Å². The van der Waals surface area contributed by atoms with Crippen molar-refractivity contribution >= 4 is 43.2 Å². The molecular weight excluding hydrogens is 374 g/mol. The van der Waals surface area contributed by atoms with E-state index in [0.29, 0.717) is 12.1 Å². The van der Waals surface area contributed by atoms with E-state index in [0.717, 1.165) is 4.47 Å². The number of thiophene rings is 1. The van der Waals surface area contributed by atoms with Gasteiger partial charge in [-0.1, -0.05) is 34.1 Å². The average Bonchev–Trinajstić information content (AvgIpc) is 2.76. The Bertz CT molecular complexity index is 524. The molecule has 1 aromatic carbocycles. The van der Waals surface area contributed by atoms with E-state index in [1.807, 2.05) is 6.07 Å². The SMILES string of the molecule is CC(NC(C)c1sccc1Br)c1ccccc1Br. The highest BCUT2D eigenvalue weighted by molar-refractivity contribution is 9.10. The van der Waals surface area contributed by atoms with Crippen LogP contribution in [0.15, 0.2) is 44.7 Å². The molecule has 0 amide bonds. The first-order valence-electron chi connectivity index (χ1n) is 5.83. The maximum Gasteiger partial charge on any atom is 0.0402 e. The third-order valence-electron chi connectivity index (χ3n) is 2.91. The lowest BCUT2D eigenvalue weighted by Gasteiger charge is -2.21. The van der Waals surface area contributed by atoms with Gasteiger partial charge in [-0.3, -0.25) is 0 Å². The van der Waals surface area contributed by atoms with Gasteiger partial charge in [-0.05, 0) is 52.9 Å². The van der Waals surface area contributed by atoms with E-state index in [4.69, 9.17) is 0 Å². The van der Waals surface area contributed by atoms with Crippen molar-refractivity contribution in [1.29, 1.82) is 0 Å². The molecular formula is C14H15Br2NS. The Morgan fingerprint density at radius 3 is 2.33 bits per heavy atom. The zero-order chi connectivity index (χ0) is 13.1. The first kappa shape index (κ1) is 14.3. The van der Waals surface area contributed by atoms with E-state index in [-0.39, 0.29) is 0 Å². The molecule has 96 valence electrons. The Labute approximate surface area is 129 Å². The molecule has 0 bridgehead atoms. The van der Waals surface area contributed by atoms with E-state index in [1.54, 1.807) is 11.3 Å². The largest absolute Gasteiger partial charge is 0.303 e. The highest BCUT2D eigenvalue weighted by Crippen LogP contribution is 2.31. The fraction of sp³-hybridized carbons (Fsp3) is 0.286. The Morgan fingerprint density at radius 1 is 1.00 bits per heavy atom. The summed E-state index contributed by atoms with van der Waals surface area (Å²) in [6.45, 7) is 4.39. The summed E-state index contributed by atoms with van der Waals surface area (Å²) in [4.78, 5) is 1.34. The number of hydrogen-bond donors (Lipinski definition) is 1. The van der Waals surface area contributed by atoms with Crippen molar-refractivity contribution in [3.05, 3.63) is 55.1 Å². The molecule has 1 heterocycles. The molecule has 0 fully saturated rings. The van der Waals surface area contributed by atoms with Gasteiger partial charge in [-0.25, -0.2) is 0 Å². The summed E-state index contributed by atoms with van der Waals surface area (Å²) in [5, 5.41) is 5.74. The maximum absolute atomic E-state index is 3.63. The highest BCUT2D eigenvalue weighted by Gasteiger charge is 2.15. The van der Waals surface area contributed by atoms with Gasteiger partial charge in [-0.2, -0.15) is 0 Å². The minimum Gasteiger partial charge on any atom is -0.303 e. The lowest BCUT2D eigenvalue weighted by atomic mass is 10.1. The van der Waals surface area contributed by atoms with Gasteiger partial charge in [0.15, 0.2) is 0 Å². The topological polar surface area (TPSA) is 12.0 Å². The molecule has 4 heteroatoms. The molecule has 0 aliphatic rings. The second-order valence-corrected chi connectivity index (χ2v) is 6.92. The molecule has 0 saturated carbocycles. The van der Waals surface area contributed by atoms with Crippen LogP contribution in [-0.4, -0.2) is 0 Å². The normalized spacial score (nSPS) is 14.4. The molecule has 0 radical (unpaired) electrons. The van der Waals surface area contributed by atoms with Gasteiger partial charge in [0.25, 0.3) is 0 Å². The van der Waals surface area contributed by atoms with Crippen LogP contribution in [0.3, 0.4) is 0 Å². The van der Waals surface area contributed by atoms with Crippen LogP contribution in [0.5, 0.6) is 0 Å². The second kappa shape index (κ2) is 6.33. The van der Waals surface area contributed by atoms with Crippen molar-refractivity contribution in [3.8, 4) is 0 Å². The zero-order valence-corrected chi connectivity index (χ0v) is 14.3. The van der Waals surface area contributed by atoms with Gasteiger partial charge in [-0.15, -0.1) is 11.3 Å². The van der Waals surface area contributed by atoms with Crippen LogP contribution < -0.4 is 5.32 Å². The summed E-state index contributed by atoms with van der Waals surface area (Å²) in [6.07, 6.45) is 0. The Balaban J connectivity index is 2.11. The Hall–Kier alpha value is -0.160. The minimum absolute atomic E-state index is 0.310. The van der Waals surface area contributed by atoms with E-state index in [9.17, 15) is 0 Å². The van der Waals surface area contributed by atoms with Crippen LogP contribution in [-0.2, 0) is 0 Å². The molecule has 2 atom stereocenters. The second-order valence-electron chi connectivity index (χ2n) is 4.26. The monoisotopic (exact) mass is 387 g/mol. The van der Waals surface area contributed by atoms with Crippen LogP contribution >= 0.6 is 43.2 Å². The number of hydrogen-bond acceptors (Lipinski definition) is 2. The number of nitrogens with one attached hydrogen (secondary N) is 1. The molecule has 0 saturated heterocycles. The summed E-state index contributed by atoms with van der Waals surface area (Å²) in [5.41, 5.74) is 1.29. The van der Waals surface area contributed by atoms with Crippen molar-refractivity contribution in [2.24, 2.45) is 0 Å². The minimum atomic E-state index is 0.310. The standard InChI is InChI=1S/C14H15Br2NS/c1-9(11-5-3-4-6-12(11)15)17-10(2)14-13(16)7-8-18-14/h3-10,17H,1-2H3. The summed E-state index contributed by atoms with van der Waals surface area (Å²) >= 11 is 8.97. The van der Waals surface area contributed by atoms with Gasteiger partial charge < -0.3 is 5.32 Å². The number of halogens is 2. The Morgan fingerprint density at radius 2 is 1.72 bits per heavy atom. The fourth-order valence-corrected chi connectivity index (χ4v) is 4.34. The van der Waals surface area contributed by atoms with Crippen molar-refractivity contribution in [3.63, 3.8) is 0 Å². The summed E-state index contributed by atoms with van der Waals surface area (Å²) in [5.74, 6) is 0. The summed E-state index contributed by atoms with van der Waals surface area (Å²) in [6, 6.07) is 11.1. The molecule has 2 rings (SSSR count). The lowest BCUT2D eigenvalue weighted by Crippen LogP contribution is -2.22. The lowest BCUT2D eigenvalue weighted by molar-refractivity contribution is 0.498. The number of benzene rings is 1. The van der Waals surface area contributed by atoms with Gasteiger partial charge >= 0.3 is 0 Å². The summed E-state index contributed by atoms with van der Waals surface area (Å²) < 4.78 is 2.34. The molecule has 0 spiro atoms. The fourth-order valence-electron chi connectivity index (χ4n) is 1.98. The van der Waals surface area contributed by atoms with Crippen LogP contribution in [0.4, 0.5) is 0 Å². The smallest absolute Gasteiger partial charge is 0.0402 e. The van der Waals surface area contributed by atoms with Crippen LogP contribution in [0.25, 0.3) is 0 Å². The quantitative estimate of drug-likeness (QED) is 0.709. The van der Waals surface area contributed by atoms with Gasteiger partial charge in [0.2, 0.25) is 0 Å². The molecule has 18 heavy (non-hydrogen) atoms. The van der Waals surface area contributed by atoms with E-state index in [1.165, 1.54) is 14.9 Å². The first-order chi connectivity index (χ1) is 8.59. The first-order valence-corrected chi connectivity index (χ1v) is 8.29. The predicted molar refractivity (Wildman–Crippen MR) is 86.1 cm³/mol. The number of rotatable bonds is 4. The third kappa shape index (κ3) is 3.23. The molecule has 2 unspecified atom stereocenters. The van der Waals surface area contributed by atoms with E-state index in [2.05, 4.69) is 80.7 Å². The molecule has 2 aromatic rings. The Kier molecular flexibility index (Phi) is 5.01. The van der Waals surface area contributed by atoms with Gasteiger partial charge in [0.05, 0.1) is 0 Å². The van der Waals surface area contributed by atoms with Crippen molar-refractivity contribution < 1.29 is 0 Å².